The van der Waals surface area contributed by atoms with E-state index in [0.717, 1.165) is 11.8 Å². The number of rotatable bonds is 0. The minimum absolute atomic E-state index is 0. The Morgan fingerprint density at radius 2 is 0.545 bits per heavy atom. The Labute approximate surface area is 98.1 Å². The van der Waals surface area contributed by atoms with Crippen LogP contribution in [0.1, 0.15) is 41.5 Å². The van der Waals surface area contributed by atoms with Gasteiger partial charge in [0, 0.05) is 0 Å². The molecule has 11 heavy (non-hydrogen) atoms. The zero-order chi connectivity index (χ0) is 7.15. The third-order valence-corrected chi connectivity index (χ3v) is 0. The van der Waals surface area contributed by atoms with E-state index in [1.807, 2.05) is 0 Å². The Morgan fingerprint density at radius 1 is 0.545 bits per heavy atom. The maximum atomic E-state index is 2.17. The molecule has 76 valence electrons. The summed E-state index contributed by atoms with van der Waals surface area (Å²) in [5.41, 5.74) is 0. The predicted molar refractivity (Wildman–Crippen MR) is 73.0 cm³/mol. The highest BCUT2D eigenvalue weighted by atomic mass is 79.9. The van der Waals surface area contributed by atoms with E-state index in [0.29, 0.717) is 0 Å². The molecule has 3 heteroatoms. The van der Waals surface area contributed by atoms with Crippen molar-refractivity contribution in [2.24, 2.45) is 11.8 Å². The molecule has 0 heterocycles. The highest BCUT2D eigenvalue weighted by Gasteiger charge is 1.68. The molecule has 0 saturated carbocycles. The van der Waals surface area contributed by atoms with Gasteiger partial charge in [-0.25, -0.2) is 0 Å². The average molecular weight is 310 g/mol. The summed E-state index contributed by atoms with van der Waals surface area (Å²) in [6.45, 7) is 13.0. The molecular formula is C8H26Br2Si. The molecule has 0 rings (SSSR count). The van der Waals surface area contributed by atoms with Crippen LogP contribution in [0.2, 0.25) is 0 Å². The Bertz CT molecular complexity index is 27.6. The minimum Gasteiger partial charge on any atom is -0.114 e. The van der Waals surface area contributed by atoms with Crippen LogP contribution in [0.4, 0.5) is 0 Å². The van der Waals surface area contributed by atoms with E-state index in [2.05, 4.69) is 41.5 Å². The highest BCUT2D eigenvalue weighted by Crippen LogP contribution is 1.81. The van der Waals surface area contributed by atoms with Crippen molar-refractivity contribution in [2.45, 2.75) is 41.5 Å². The van der Waals surface area contributed by atoms with Crippen molar-refractivity contribution in [3.8, 4) is 0 Å². The van der Waals surface area contributed by atoms with E-state index in [1.165, 1.54) is 0 Å². The van der Waals surface area contributed by atoms with Crippen molar-refractivity contribution in [3.63, 3.8) is 0 Å². The van der Waals surface area contributed by atoms with Crippen LogP contribution >= 0.6 is 34.0 Å². The molecule has 0 unspecified atom stereocenters. The fraction of sp³-hybridized carbons (Fsp3) is 1.00. The van der Waals surface area contributed by atoms with Gasteiger partial charge in [-0.1, -0.05) is 41.5 Å². The van der Waals surface area contributed by atoms with Gasteiger partial charge in [0.25, 0.3) is 0 Å². The molecule has 0 spiro atoms. The van der Waals surface area contributed by atoms with Gasteiger partial charge in [0.1, 0.15) is 0 Å². The molecule has 0 nitrogen and oxygen atoms in total. The Balaban J connectivity index is -0.0000000171. The van der Waals surface area contributed by atoms with Crippen LogP contribution in [-0.4, -0.2) is 11.0 Å². The van der Waals surface area contributed by atoms with E-state index in [-0.39, 0.29) is 44.9 Å². The second-order valence-corrected chi connectivity index (χ2v) is 3.46. The Hall–Kier alpha value is 1.18. The van der Waals surface area contributed by atoms with Crippen LogP contribution in [0.25, 0.3) is 0 Å². The van der Waals surface area contributed by atoms with E-state index in [1.54, 1.807) is 0 Å². The van der Waals surface area contributed by atoms with Crippen LogP contribution in [-0.2, 0) is 0 Å². The third-order valence-electron chi connectivity index (χ3n) is 0. The number of hydrogen-bond acceptors (Lipinski definition) is 0. The standard InChI is InChI=1S/2C4H10.2BrH.H4Si/c2*1-4(2)3;;;/h2*4H,1-3H3;2*1H;1H4. The predicted octanol–water partition coefficient (Wildman–Crippen LogP) is 3.03. The smallest absolute Gasteiger partial charge is 0.0149 e. The van der Waals surface area contributed by atoms with Crippen LogP contribution in [0.3, 0.4) is 0 Å². The SMILES string of the molecule is Br.Br.CC(C)C.CC(C)C.[SiH4]. The van der Waals surface area contributed by atoms with Crippen molar-refractivity contribution in [2.75, 3.05) is 0 Å². The van der Waals surface area contributed by atoms with Crippen molar-refractivity contribution < 1.29 is 0 Å². The zero-order valence-electron chi connectivity index (χ0n) is 7.97. The molecular weight excluding hydrogens is 284 g/mol. The highest BCUT2D eigenvalue weighted by molar-refractivity contribution is 8.93. The summed E-state index contributed by atoms with van der Waals surface area (Å²) in [7, 11) is 0. The lowest BCUT2D eigenvalue weighted by molar-refractivity contribution is 0.736. The maximum Gasteiger partial charge on any atom is -0.0149 e. The first kappa shape index (κ1) is 29.5. The van der Waals surface area contributed by atoms with E-state index in [4.69, 9.17) is 0 Å². The van der Waals surface area contributed by atoms with Crippen molar-refractivity contribution in [3.05, 3.63) is 0 Å². The quantitative estimate of drug-likeness (QED) is 0.603. The summed E-state index contributed by atoms with van der Waals surface area (Å²) in [6.07, 6.45) is 0. The summed E-state index contributed by atoms with van der Waals surface area (Å²) < 4.78 is 0. The second-order valence-electron chi connectivity index (χ2n) is 3.46. The van der Waals surface area contributed by atoms with E-state index in [9.17, 15) is 0 Å². The molecule has 0 aromatic rings. The van der Waals surface area contributed by atoms with Gasteiger partial charge in [-0.3, -0.25) is 0 Å². The largest absolute Gasteiger partial charge is 0.114 e. The van der Waals surface area contributed by atoms with Crippen LogP contribution < -0.4 is 0 Å². The zero-order valence-corrected chi connectivity index (χ0v) is 11.4. The van der Waals surface area contributed by atoms with Crippen molar-refractivity contribution >= 4 is 44.9 Å². The van der Waals surface area contributed by atoms with Gasteiger partial charge in [-0.2, -0.15) is 0 Å². The van der Waals surface area contributed by atoms with Gasteiger partial charge in [0.2, 0.25) is 0 Å². The van der Waals surface area contributed by atoms with E-state index < -0.39 is 0 Å². The van der Waals surface area contributed by atoms with Gasteiger partial charge < -0.3 is 0 Å². The topological polar surface area (TPSA) is 0 Å². The normalized spacial score (nSPS) is 6.55. The van der Waals surface area contributed by atoms with Gasteiger partial charge in [-0.05, 0) is 22.8 Å². The first-order chi connectivity index (χ1) is 3.46. The molecule has 0 radical (unpaired) electrons. The van der Waals surface area contributed by atoms with Gasteiger partial charge in [0.05, 0.1) is 0 Å². The number of halogens is 2. The molecule has 0 aromatic heterocycles. The lowest BCUT2D eigenvalue weighted by atomic mass is 10.3. The molecule has 0 atom stereocenters. The first-order valence-corrected chi connectivity index (χ1v) is 3.46. The summed E-state index contributed by atoms with van der Waals surface area (Å²) in [4.78, 5) is 0. The lowest BCUT2D eigenvalue weighted by Gasteiger charge is -1.79. The number of hydrogen-bond donors (Lipinski definition) is 0. The summed E-state index contributed by atoms with van der Waals surface area (Å²) >= 11 is 0. The molecule has 0 fully saturated rings. The fourth-order valence-corrected chi connectivity index (χ4v) is 0. The minimum atomic E-state index is 0. The molecule has 0 saturated heterocycles. The molecule has 0 aromatic carbocycles. The summed E-state index contributed by atoms with van der Waals surface area (Å²) in [5.74, 6) is 1.67. The average Bonchev–Trinajstić information content (AvgIpc) is 1.25. The molecule has 0 aliphatic carbocycles. The third kappa shape index (κ3) is 680. The first-order valence-electron chi connectivity index (χ1n) is 3.46. The fourth-order valence-electron chi connectivity index (χ4n) is 0. The molecule has 0 aliphatic rings. The Kier molecular flexibility index (Phi) is 60.3. The molecule has 0 bridgehead atoms. The van der Waals surface area contributed by atoms with Crippen LogP contribution in [0.15, 0.2) is 0 Å². The van der Waals surface area contributed by atoms with Crippen LogP contribution in [0, 0.1) is 11.8 Å². The van der Waals surface area contributed by atoms with Gasteiger partial charge >= 0.3 is 0 Å². The molecule has 0 aliphatic heterocycles. The van der Waals surface area contributed by atoms with Crippen molar-refractivity contribution in [1.82, 2.24) is 0 Å². The van der Waals surface area contributed by atoms with Crippen molar-refractivity contribution in [1.29, 1.82) is 0 Å². The van der Waals surface area contributed by atoms with Gasteiger partial charge in [0.15, 0.2) is 0 Å². The molecule has 0 amide bonds. The Morgan fingerprint density at radius 3 is 0.545 bits per heavy atom. The monoisotopic (exact) mass is 308 g/mol. The van der Waals surface area contributed by atoms with E-state index >= 15 is 0 Å². The van der Waals surface area contributed by atoms with Crippen LogP contribution in [0.5, 0.6) is 0 Å². The second kappa shape index (κ2) is 22.5. The molecule has 0 N–H and O–H groups in total. The lowest BCUT2D eigenvalue weighted by Crippen LogP contribution is -1.66. The van der Waals surface area contributed by atoms with Gasteiger partial charge in [-0.15, -0.1) is 34.0 Å². The summed E-state index contributed by atoms with van der Waals surface area (Å²) in [6, 6.07) is 0. The summed E-state index contributed by atoms with van der Waals surface area (Å²) in [5, 5.41) is 0. The maximum absolute atomic E-state index is 2.17.